The number of nitrogens with zero attached hydrogens (tertiary/aromatic N) is 3. The van der Waals surface area contributed by atoms with Crippen LogP contribution in [0.3, 0.4) is 0 Å². The Kier molecular flexibility index (Phi) is 3.84. The van der Waals surface area contributed by atoms with Gasteiger partial charge >= 0.3 is 0 Å². The van der Waals surface area contributed by atoms with Crippen molar-refractivity contribution in [2.75, 3.05) is 38.7 Å². The largest absolute Gasteiger partial charge is 0.379 e. The highest BCUT2D eigenvalue weighted by Crippen LogP contribution is 2.00. The average molecular weight is 237 g/mol. The summed E-state index contributed by atoms with van der Waals surface area (Å²) < 4.78 is 5.19. The number of hydrogen-bond acceptors (Lipinski definition) is 6. The summed E-state index contributed by atoms with van der Waals surface area (Å²) in [5.41, 5.74) is 3.07. The third kappa shape index (κ3) is 3.11. The molecule has 0 aromatic carbocycles. The third-order valence-corrected chi connectivity index (χ3v) is 2.41. The fourth-order valence-electron chi connectivity index (χ4n) is 1.45. The average Bonchev–Trinajstić information content (AvgIpc) is 2.40. The van der Waals surface area contributed by atoms with Gasteiger partial charge in [-0.25, -0.2) is 15.0 Å². The van der Waals surface area contributed by atoms with E-state index in [1.807, 2.05) is 5.01 Å². The normalized spacial score (nSPS) is 16.5. The molecule has 17 heavy (non-hydrogen) atoms. The molecule has 1 aliphatic rings. The summed E-state index contributed by atoms with van der Waals surface area (Å²) in [5, 5.41) is 4.66. The van der Waals surface area contributed by atoms with Gasteiger partial charge in [0, 0.05) is 20.1 Å². The van der Waals surface area contributed by atoms with E-state index in [9.17, 15) is 4.79 Å². The molecule has 7 nitrogen and oxygen atoms in total. The van der Waals surface area contributed by atoms with Crippen molar-refractivity contribution in [3.8, 4) is 0 Å². The molecule has 0 unspecified atom stereocenters. The molecule has 1 amide bonds. The lowest BCUT2D eigenvalue weighted by molar-refractivity contribution is 0.0124. The first-order chi connectivity index (χ1) is 8.29. The molecule has 2 heterocycles. The van der Waals surface area contributed by atoms with Crippen LogP contribution in [0.2, 0.25) is 0 Å². The molecule has 0 bridgehead atoms. The molecule has 1 aromatic heterocycles. The van der Waals surface area contributed by atoms with Gasteiger partial charge in [0.25, 0.3) is 5.91 Å². The fraction of sp³-hybridized carbons (Fsp3) is 0.500. The van der Waals surface area contributed by atoms with Crippen molar-refractivity contribution < 1.29 is 9.53 Å². The van der Waals surface area contributed by atoms with Gasteiger partial charge in [0.05, 0.1) is 25.6 Å². The number of nitrogens with one attached hydrogen (secondary N) is 2. The number of morpholine rings is 1. The zero-order chi connectivity index (χ0) is 12.1. The van der Waals surface area contributed by atoms with Crippen LogP contribution in [0.15, 0.2) is 12.4 Å². The maximum atomic E-state index is 11.8. The maximum absolute atomic E-state index is 11.8. The van der Waals surface area contributed by atoms with E-state index >= 15 is 0 Å². The molecule has 1 aromatic rings. The molecular formula is C10H15N5O2. The molecule has 1 fully saturated rings. The Balaban J connectivity index is 1.93. The van der Waals surface area contributed by atoms with Crippen LogP contribution in [0.4, 0.5) is 5.82 Å². The molecule has 2 N–H and O–H groups in total. The molecule has 1 saturated heterocycles. The molecule has 92 valence electrons. The minimum atomic E-state index is -0.248. The molecule has 0 saturated carbocycles. The molecule has 0 spiro atoms. The Bertz CT molecular complexity index is 375. The second-order valence-corrected chi connectivity index (χ2v) is 3.58. The second kappa shape index (κ2) is 5.55. The van der Waals surface area contributed by atoms with E-state index in [4.69, 9.17) is 4.74 Å². The number of amides is 1. The van der Waals surface area contributed by atoms with Crippen molar-refractivity contribution in [1.82, 2.24) is 20.4 Å². The van der Waals surface area contributed by atoms with Gasteiger partial charge in [-0.3, -0.25) is 10.2 Å². The van der Waals surface area contributed by atoms with Gasteiger partial charge in [-0.1, -0.05) is 0 Å². The first kappa shape index (κ1) is 11.7. The van der Waals surface area contributed by atoms with E-state index in [1.165, 1.54) is 12.4 Å². The molecule has 1 aliphatic heterocycles. The summed E-state index contributed by atoms with van der Waals surface area (Å²) >= 11 is 0. The summed E-state index contributed by atoms with van der Waals surface area (Å²) in [4.78, 5) is 19.8. The zero-order valence-corrected chi connectivity index (χ0v) is 9.64. The lowest BCUT2D eigenvalue weighted by Gasteiger charge is -2.26. The highest BCUT2D eigenvalue weighted by Gasteiger charge is 2.15. The molecule has 7 heteroatoms. The summed E-state index contributed by atoms with van der Waals surface area (Å²) in [6, 6.07) is 0. The zero-order valence-electron chi connectivity index (χ0n) is 9.64. The Morgan fingerprint density at radius 3 is 2.71 bits per heavy atom. The molecule has 0 radical (unpaired) electrons. The number of carbonyl (C=O) groups excluding carboxylic acids is 1. The van der Waals surface area contributed by atoms with Crippen LogP contribution >= 0.6 is 0 Å². The first-order valence-electron chi connectivity index (χ1n) is 5.43. The quantitative estimate of drug-likeness (QED) is 0.737. The molecule has 2 rings (SSSR count). The molecular weight excluding hydrogens is 222 g/mol. The van der Waals surface area contributed by atoms with Crippen molar-refractivity contribution in [3.63, 3.8) is 0 Å². The number of rotatable bonds is 3. The van der Waals surface area contributed by atoms with Crippen LogP contribution in [-0.4, -0.2) is 54.2 Å². The Labute approximate surface area is 99.2 Å². The van der Waals surface area contributed by atoms with E-state index in [2.05, 4.69) is 20.7 Å². The van der Waals surface area contributed by atoms with Crippen molar-refractivity contribution in [3.05, 3.63) is 18.1 Å². The lowest BCUT2D eigenvalue weighted by atomic mass is 10.4. The number of hydrazine groups is 1. The van der Waals surface area contributed by atoms with Gasteiger partial charge in [-0.15, -0.1) is 0 Å². The van der Waals surface area contributed by atoms with Crippen LogP contribution < -0.4 is 10.7 Å². The number of hydrogen-bond donors (Lipinski definition) is 2. The number of anilines is 1. The van der Waals surface area contributed by atoms with E-state index in [-0.39, 0.29) is 5.91 Å². The van der Waals surface area contributed by atoms with Crippen LogP contribution in [0, 0.1) is 0 Å². The first-order valence-corrected chi connectivity index (χ1v) is 5.43. The Hall–Kier alpha value is -1.73. The highest BCUT2D eigenvalue weighted by atomic mass is 16.5. The van der Waals surface area contributed by atoms with Crippen LogP contribution in [0.1, 0.15) is 10.5 Å². The van der Waals surface area contributed by atoms with Crippen LogP contribution in [-0.2, 0) is 4.74 Å². The molecule has 0 aliphatic carbocycles. The smallest absolute Gasteiger partial charge is 0.285 e. The highest BCUT2D eigenvalue weighted by molar-refractivity contribution is 5.91. The summed E-state index contributed by atoms with van der Waals surface area (Å²) in [7, 11) is 1.75. The van der Waals surface area contributed by atoms with Crippen LogP contribution in [0.25, 0.3) is 0 Å². The van der Waals surface area contributed by atoms with Gasteiger partial charge in [0.1, 0.15) is 11.5 Å². The summed E-state index contributed by atoms with van der Waals surface area (Å²) in [6.45, 7) is 2.64. The van der Waals surface area contributed by atoms with Gasteiger partial charge in [-0.05, 0) is 0 Å². The Morgan fingerprint density at radius 1 is 1.35 bits per heavy atom. The number of aromatic nitrogens is 2. The Morgan fingerprint density at radius 2 is 2.12 bits per heavy atom. The van der Waals surface area contributed by atoms with E-state index in [0.29, 0.717) is 37.8 Å². The third-order valence-electron chi connectivity index (χ3n) is 2.41. The van der Waals surface area contributed by atoms with E-state index in [1.54, 1.807) is 7.05 Å². The van der Waals surface area contributed by atoms with E-state index < -0.39 is 0 Å². The second-order valence-electron chi connectivity index (χ2n) is 3.58. The van der Waals surface area contributed by atoms with Gasteiger partial charge in [0.15, 0.2) is 0 Å². The minimum Gasteiger partial charge on any atom is -0.379 e. The monoisotopic (exact) mass is 237 g/mol. The topological polar surface area (TPSA) is 79.4 Å². The number of ether oxygens (including phenoxy) is 1. The fourth-order valence-corrected chi connectivity index (χ4v) is 1.45. The van der Waals surface area contributed by atoms with Crippen molar-refractivity contribution in [1.29, 1.82) is 0 Å². The van der Waals surface area contributed by atoms with Gasteiger partial charge < -0.3 is 10.1 Å². The minimum absolute atomic E-state index is 0.248. The number of carbonyl (C=O) groups is 1. The van der Waals surface area contributed by atoms with Crippen molar-refractivity contribution in [2.45, 2.75) is 0 Å². The maximum Gasteiger partial charge on any atom is 0.285 e. The van der Waals surface area contributed by atoms with Gasteiger partial charge in [-0.2, -0.15) is 0 Å². The lowest BCUT2D eigenvalue weighted by Crippen LogP contribution is -2.48. The predicted octanol–water partition coefficient (Wildman–Crippen LogP) is -0.505. The summed E-state index contributed by atoms with van der Waals surface area (Å²) in [6.07, 6.45) is 2.97. The van der Waals surface area contributed by atoms with Crippen LogP contribution in [0.5, 0.6) is 0 Å². The summed E-state index contributed by atoms with van der Waals surface area (Å²) in [5.74, 6) is 0.384. The molecule has 0 atom stereocenters. The standard InChI is InChI=1S/C10H15N5O2/c1-11-9-7-12-8(6-13-9)10(16)14-15-2-4-17-5-3-15/h6-7H,2-5H2,1H3,(H,11,13)(H,14,16). The van der Waals surface area contributed by atoms with Gasteiger partial charge in [0.2, 0.25) is 0 Å². The van der Waals surface area contributed by atoms with Crippen molar-refractivity contribution in [2.24, 2.45) is 0 Å². The predicted molar refractivity (Wildman–Crippen MR) is 61.4 cm³/mol. The SMILES string of the molecule is CNc1cnc(C(=O)NN2CCOCC2)cn1. The van der Waals surface area contributed by atoms with E-state index in [0.717, 1.165) is 0 Å². The van der Waals surface area contributed by atoms with Crippen molar-refractivity contribution >= 4 is 11.7 Å².